The van der Waals surface area contributed by atoms with Crippen molar-refractivity contribution in [2.45, 2.75) is 20.8 Å². The lowest BCUT2D eigenvalue weighted by molar-refractivity contribution is 0.104. The first-order chi connectivity index (χ1) is 15.3. The Bertz CT molecular complexity index is 1370. The minimum absolute atomic E-state index is 0.144. The Kier molecular flexibility index (Phi) is 5.97. The van der Waals surface area contributed by atoms with Crippen LogP contribution in [0.3, 0.4) is 0 Å². The van der Waals surface area contributed by atoms with Crippen molar-refractivity contribution in [3.8, 4) is 16.9 Å². The molecule has 0 saturated heterocycles. The monoisotopic (exact) mass is 442 g/mol. The standard InChI is InChI=1S/C27H23ClN2O2/c1-17-13-22(14-18(2)19(17)3)25-16-29-27(32)30(25)24-6-4-5-21(15-24)26(31)12-9-20-7-10-23(28)11-8-20/h4-16H,1-3H3,(H,29,32). The second-order valence-corrected chi connectivity index (χ2v) is 8.29. The molecule has 3 aromatic carbocycles. The molecule has 0 aliphatic carbocycles. The zero-order valence-corrected chi connectivity index (χ0v) is 18.9. The Morgan fingerprint density at radius 3 is 2.34 bits per heavy atom. The minimum atomic E-state index is -0.253. The highest BCUT2D eigenvalue weighted by Gasteiger charge is 2.14. The lowest BCUT2D eigenvalue weighted by Gasteiger charge is -2.12. The molecular weight excluding hydrogens is 420 g/mol. The second kappa shape index (κ2) is 8.85. The van der Waals surface area contributed by atoms with Crippen molar-refractivity contribution in [2.75, 3.05) is 0 Å². The van der Waals surface area contributed by atoms with E-state index >= 15 is 0 Å². The van der Waals surface area contributed by atoms with Gasteiger partial charge in [0.2, 0.25) is 0 Å². The van der Waals surface area contributed by atoms with E-state index in [-0.39, 0.29) is 11.5 Å². The van der Waals surface area contributed by atoms with Crippen molar-refractivity contribution >= 4 is 23.5 Å². The fraction of sp³-hybridized carbons (Fsp3) is 0.111. The van der Waals surface area contributed by atoms with Crippen molar-refractivity contribution in [3.05, 3.63) is 116 Å². The topological polar surface area (TPSA) is 54.9 Å². The van der Waals surface area contributed by atoms with Crippen LogP contribution in [0.15, 0.2) is 77.7 Å². The van der Waals surface area contributed by atoms with Crippen LogP contribution in [0.4, 0.5) is 0 Å². The van der Waals surface area contributed by atoms with E-state index < -0.39 is 0 Å². The van der Waals surface area contributed by atoms with E-state index in [1.807, 2.05) is 18.2 Å². The Morgan fingerprint density at radius 1 is 0.969 bits per heavy atom. The van der Waals surface area contributed by atoms with Crippen LogP contribution in [-0.4, -0.2) is 15.3 Å². The van der Waals surface area contributed by atoms with Gasteiger partial charge < -0.3 is 4.98 Å². The van der Waals surface area contributed by atoms with Crippen LogP contribution in [0.5, 0.6) is 0 Å². The van der Waals surface area contributed by atoms with E-state index in [1.54, 1.807) is 47.2 Å². The molecule has 0 bridgehead atoms. The van der Waals surface area contributed by atoms with Gasteiger partial charge in [0, 0.05) is 22.3 Å². The number of aryl methyl sites for hydroxylation is 2. The maximum atomic E-state index is 12.8. The molecule has 0 amide bonds. The molecule has 0 aliphatic rings. The predicted octanol–water partition coefficient (Wildman–Crippen LogP) is 6.31. The summed E-state index contributed by atoms with van der Waals surface area (Å²) in [5, 5.41) is 0.646. The van der Waals surface area contributed by atoms with Gasteiger partial charge in [0.25, 0.3) is 0 Å². The summed E-state index contributed by atoms with van der Waals surface area (Å²) >= 11 is 5.91. The van der Waals surface area contributed by atoms with E-state index in [4.69, 9.17) is 11.6 Å². The normalized spacial score (nSPS) is 11.2. The van der Waals surface area contributed by atoms with Crippen LogP contribution >= 0.6 is 11.6 Å². The van der Waals surface area contributed by atoms with Gasteiger partial charge in [-0.05, 0) is 85.5 Å². The SMILES string of the molecule is Cc1cc(-c2c[nH]c(=O)n2-c2cccc(C(=O)C=Cc3ccc(Cl)cc3)c2)cc(C)c1C. The molecule has 0 unspecified atom stereocenters. The number of ketones is 1. The number of rotatable bonds is 5. The Balaban J connectivity index is 1.70. The van der Waals surface area contributed by atoms with Crippen LogP contribution in [-0.2, 0) is 0 Å². The summed E-state index contributed by atoms with van der Waals surface area (Å²) in [5.41, 5.74) is 7.03. The van der Waals surface area contributed by atoms with Crippen LogP contribution < -0.4 is 5.69 Å². The molecule has 0 saturated carbocycles. The molecule has 32 heavy (non-hydrogen) atoms. The first-order valence-corrected chi connectivity index (χ1v) is 10.7. The molecule has 5 heteroatoms. The predicted molar refractivity (Wildman–Crippen MR) is 131 cm³/mol. The maximum Gasteiger partial charge on any atom is 0.330 e. The van der Waals surface area contributed by atoms with Gasteiger partial charge in [-0.1, -0.05) is 41.9 Å². The number of nitrogens with one attached hydrogen (secondary N) is 1. The van der Waals surface area contributed by atoms with E-state index in [0.717, 1.165) is 27.9 Å². The molecule has 160 valence electrons. The number of aromatic nitrogens is 2. The summed E-state index contributed by atoms with van der Waals surface area (Å²) in [7, 11) is 0. The number of nitrogens with zero attached hydrogens (tertiary/aromatic N) is 1. The maximum absolute atomic E-state index is 12.8. The molecule has 4 aromatic rings. The fourth-order valence-corrected chi connectivity index (χ4v) is 3.79. The average Bonchev–Trinajstić information content (AvgIpc) is 3.18. The van der Waals surface area contributed by atoms with Crippen LogP contribution in [0.25, 0.3) is 23.0 Å². The number of hydrogen-bond acceptors (Lipinski definition) is 2. The molecule has 1 heterocycles. The van der Waals surface area contributed by atoms with E-state index in [1.165, 1.54) is 11.6 Å². The largest absolute Gasteiger partial charge is 0.330 e. The summed E-state index contributed by atoms with van der Waals surface area (Å²) < 4.78 is 1.60. The number of H-pyrrole nitrogens is 1. The first-order valence-electron chi connectivity index (χ1n) is 10.3. The smallest absolute Gasteiger partial charge is 0.312 e. The fourth-order valence-electron chi connectivity index (χ4n) is 3.66. The van der Waals surface area contributed by atoms with Gasteiger partial charge in [0.1, 0.15) is 0 Å². The number of halogens is 1. The van der Waals surface area contributed by atoms with Gasteiger partial charge >= 0.3 is 5.69 Å². The molecule has 0 fully saturated rings. The van der Waals surface area contributed by atoms with Crippen molar-refractivity contribution in [1.29, 1.82) is 0 Å². The number of carbonyl (C=O) groups excluding carboxylic acids is 1. The molecule has 0 spiro atoms. The lowest BCUT2D eigenvalue weighted by Crippen LogP contribution is -2.16. The molecule has 4 rings (SSSR count). The third kappa shape index (κ3) is 4.36. The summed E-state index contributed by atoms with van der Waals surface area (Å²) in [4.78, 5) is 28.2. The number of allylic oxidation sites excluding steroid dienone is 1. The number of hydrogen-bond donors (Lipinski definition) is 1. The molecule has 4 nitrogen and oxygen atoms in total. The quantitative estimate of drug-likeness (QED) is 0.291. The number of carbonyl (C=O) groups is 1. The Morgan fingerprint density at radius 2 is 1.66 bits per heavy atom. The van der Waals surface area contributed by atoms with E-state index in [2.05, 4.69) is 37.9 Å². The zero-order chi connectivity index (χ0) is 22.8. The highest BCUT2D eigenvalue weighted by molar-refractivity contribution is 6.30. The summed E-state index contributed by atoms with van der Waals surface area (Å²) in [6.45, 7) is 6.21. The van der Waals surface area contributed by atoms with Crippen LogP contribution in [0.2, 0.25) is 5.02 Å². The van der Waals surface area contributed by atoms with Crippen molar-refractivity contribution in [3.63, 3.8) is 0 Å². The third-order valence-corrected chi connectivity index (χ3v) is 5.94. The lowest BCUT2D eigenvalue weighted by atomic mass is 9.99. The second-order valence-electron chi connectivity index (χ2n) is 7.85. The molecule has 0 atom stereocenters. The average molecular weight is 443 g/mol. The zero-order valence-electron chi connectivity index (χ0n) is 18.1. The van der Waals surface area contributed by atoms with Gasteiger partial charge in [0.15, 0.2) is 5.78 Å². The minimum Gasteiger partial charge on any atom is -0.312 e. The summed E-state index contributed by atoms with van der Waals surface area (Å²) in [5.74, 6) is -0.144. The Hall–Kier alpha value is -3.63. The van der Waals surface area contributed by atoms with Crippen molar-refractivity contribution < 1.29 is 4.79 Å². The molecular formula is C27H23ClN2O2. The first kappa shape index (κ1) is 21.6. The molecule has 0 radical (unpaired) electrons. The summed E-state index contributed by atoms with van der Waals surface area (Å²) in [6.07, 6.45) is 4.98. The Labute approximate surface area is 191 Å². The number of imidazole rings is 1. The van der Waals surface area contributed by atoms with Gasteiger partial charge in [0.05, 0.1) is 11.4 Å². The highest BCUT2D eigenvalue weighted by atomic mass is 35.5. The van der Waals surface area contributed by atoms with E-state index in [9.17, 15) is 9.59 Å². The molecule has 1 N–H and O–H groups in total. The third-order valence-electron chi connectivity index (χ3n) is 5.69. The van der Waals surface area contributed by atoms with Gasteiger partial charge in [-0.3, -0.25) is 9.36 Å². The molecule has 1 aromatic heterocycles. The van der Waals surface area contributed by atoms with Crippen molar-refractivity contribution in [1.82, 2.24) is 9.55 Å². The number of benzene rings is 3. The van der Waals surface area contributed by atoms with Crippen LogP contribution in [0.1, 0.15) is 32.6 Å². The van der Waals surface area contributed by atoms with Gasteiger partial charge in [-0.15, -0.1) is 0 Å². The van der Waals surface area contributed by atoms with Crippen LogP contribution in [0, 0.1) is 20.8 Å². The number of aromatic amines is 1. The van der Waals surface area contributed by atoms with Gasteiger partial charge in [-0.25, -0.2) is 4.79 Å². The highest BCUT2D eigenvalue weighted by Crippen LogP contribution is 2.26. The summed E-state index contributed by atoms with van der Waals surface area (Å²) in [6, 6.07) is 18.5. The van der Waals surface area contributed by atoms with Crippen molar-refractivity contribution in [2.24, 2.45) is 0 Å². The van der Waals surface area contributed by atoms with Gasteiger partial charge in [-0.2, -0.15) is 0 Å². The molecule has 0 aliphatic heterocycles. The van der Waals surface area contributed by atoms with E-state index in [0.29, 0.717) is 16.3 Å².